The van der Waals surface area contributed by atoms with Crippen molar-refractivity contribution in [3.05, 3.63) is 34.9 Å². The predicted molar refractivity (Wildman–Crippen MR) is 86.3 cm³/mol. The molecule has 1 N–H and O–H groups in total. The van der Waals surface area contributed by atoms with Gasteiger partial charge in [-0.25, -0.2) is 0 Å². The van der Waals surface area contributed by atoms with E-state index >= 15 is 0 Å². The van der Waals surface area contributed by atoms with Gasteiger partial charge in [-0.1, -0.05) is 37.6 Å². The third-order valence-electron chi connectivity index (χ3n) is 3.76. The number of nitrogens with zero attached hydrogens (tertiary/aromatic N) is 1. The van der Waals surface area contributed by atoms with Crippen molar-refractivity contribution in [2.24, 2.45) is 0 Å². The number of hydrogen-bond donors (Lipinski definition) is 1. The van der Waals surface area contributed by atoms with E-state index in [0.717, 1.165) is 32.8 Å². The van der Waals surface area contributed by atoms with E-state index in [2.05, 4.69) is 56.1 Å². The monoisotopic (exact) mass is 278 g/mol. The van der Waals surface area contributed by atoms with Gasteiger partial charge in [-0.05, 0) is 38.1 Å². The van der Waals surface area contributed by atoms with Crippen LogP contribution in [0.25, 0.3) is 0 Å². The first-order chi connectivity index (χ1) is 9.62. The van der Waals surface area contributed by atoms with E-state index < -0.39 is 0 Å². The van der Waals surface area contributed by atoms with E-state index in [1.807, 2.05) is 0 Å². The zero-order chi connectivity index (χ0) is 15.0. The molecule has 1 aromatic rings. The fraction of sp³-hybridized carbons (Fsp3) is 0.647. The molecular weight excluding hydrogens is 248 g/mol. The van der Waals surface area contributed by atoms with Crippen LogP contribution in [0.2, 0.25) is 0 Å². The van der Waals surface area contributed by atoms with Gasteiger partial charge in [-0.3, -0.25) is 4.90 Å². The van der Waals surface area contributed by atoms with Gasteiger partial charge in [0.25, 0.3) is 0 Å². The smallest absolute Gasteiger partial charge is 0.0589 e. The molecule has 1 rings (SSSR count). The van der Waals surface area contributed by atoms with Crippen molar-refractivity contribution >= 4 is 0 Å². The van der Waals surface area contributed by atoms with Gasteiger partial charge in [-0.2, -0.15) is 0 Å². The molecule has 0 bridgehead atoms. The standard InChI is InChI=1S/C17H30N2O/c1-6-18-17(13-19(7-2)10-11-20-5)16-12-14(3)8-9-15(16)4/h8-9,12,17-18H,6-7,10-11,13H2,1-5H3. The summed E-state index contributed by atoms with van der Waals surface area (Å²) < 4.78 is 5.20. The highest BCUT2D eigenvalue weighted by atomic mass is 16.5. The van der Waals surface area contributed by atoms with Crippen LogP contribution in [-0.2, 0) is 4.74 Å². The van der Waals surface area contributed by atoms with Gasteiger partial charge in [0.15, 0.2) is 0 Å². The van der Waals surface area contributed by atoms with Crippen LogP contribution in [0.5, 0.6) is 0 Å². The first-order valence-electron chi connectivity index (χ1n) is 7.64. The van der Waals surface area contributed by atoms with Gasteiger partial charge in [-0.15, -0.1) is 0 Å². The Morgan fingerprint density at radius 1 is 1.25 bits per heavy atom. The fourth-order valence-electron chi connectivity index (χ4n) is 2.51. The zero-order valence-corrected chi connectivity index (χ0v) is 13.7. The Bertz CT molecular complexity index is 393. The summed E-state index contributed by atoms with van der Waals surface area (Å²) in [5, 5.41) is 3.63. The molecule has 0 aromatic heterocycles. The Kier molecular flexibility index (Phi) is 7.82. The lowest BCUT2D eigenvalue weighted by Gasteiger charge is -2.28. The second-order valence-electron chi connectivity index (χ2n) is 5.36. The summed E-state index contributed by atoms with van der Waals surface area (Å²) in [6, 6.07) is 7.11. The molecule has 3 heteroatoms. The lowest BCUT2D eigenvalue weighted by molar-refractivity contribution is 0.144. The maximum absolute atomic E-state index is 5.20. The molecule has 0 fully saturated rings. The summed E-state index contributed by atoms with van der Waals surface area (Å²) in [7, 11) is 1.76. The summed E-state index contributed by atoms with van der Waals surface area (Å²) in [5.74, 6) is 0. The fourth-order valence-corrected chi connectivity index (χ4v) is 2.51. The van der Waals surface area contributed by atoms with Crippen molar-refractivity contribution < 1.29 is 4.74 Å². The van der Waals surface area contributed by atoms with E-state index in [0.29, 0.717) is 6.04 Å². The molecule has 1 atom stereocenters. The number of benzene rings is 1. The molecule has 114 valence electrons. The zero-order valence-electron chi connectivity index (χ0n) is 13.7. The Morgan fingerprint density at radius 2 is 2.00 bits per heavy atom. The van der Waals surface area contributed by atoms with Crippen molar-refractivity contribution in [3.63, 3.8) is 0 Å². The first-order valence-corrected chi connectivity index (χ1v) is 7.64. The van der Waals surface area contributed by atoms with E-state index in [-0.39, 0.29) is 0 Å². The third kappa shape index (κ3) is 5.23. The molecule has 1 unspecified atom stereocenters. The Morgan fingerprint density at radius 3 is 2.60 bits per heavy atom. The Balaban J connectivity index is 2.84. The van der Waals surface area contributed by atoms with Crippen molar-refractivity contribution in [1.29, 1.82) is 0 Å². The molecule has 0 heterocycles. The number of aryl methyl sites for hydroxylation is 2. The number of likely N-dealkylation sites (N-methyl/N-ethyl adjacent to an activating group) is 2. The van der Waals surface area contributed by atoms with Crippen LogP contribution in [0.4, 0.5) is 0 Å². The van der Waals surface area contributed by atoms with Gasteiger partial charge in [0.05, 0.1) is 6.61 Å². The van der Waals surface area contributed by atoms with E-state index in [1.54, 1.807) is 7.11 Å². The molecule has 1 aromatic carbocycles. The first kappa shape index (κ1) is 17.2. The lowest BCUT2D eigenvalue weighted by atomic mass is 9.98. The molecule has 0 radical (unpaired) electrons. The van der Waals surface area contributed by atoms with Crippen LogP contribution in [0.1, 0.15) is 36.6 Å². The minimum absolute atomic E-state index is 0.386. The highest BCUT2D eigenvalue weighted by molar-refractivity contribution is 5.33. The highest BCUT2D eigenvalue weighted by Crippen LogP contribution is 2.20. The maximum Gasteiger partial charge on any atom is 0.0589 e. The van der Waals surface area contributed by atoms with E-state index in [9.17, 15) is 0 Å². The molecule has 0 spiro atoms. The third-order valence-corrected chi connectivity index (χ3v) is 3.76. The number of methoxy groups -OCH3 is 1. The second kappa shape index (κ2) is 9.11. The number of nitrogens with one attached hydrogen (secondary N) is 1. The van der Waals surface area contributed by atoms with Crippen molar-refractivity contribution in [1.82, 2.24) is 10.2 Å². The summed E-state index contributed by atoms with van der Waals surface area (Å²) in [6.07, 6.45) is 0. The van der Waals surface area contributed by atoms with Crippen LogP contribution < -0.4 is 5.32 Å². The Hall–Kier alpha value is -0.900. The van der Waals surface area contributed by atoms with Crippen LogP contribution in [0, 0.1) is 13.8 Å². The molecule has 0 aliphatic heterocycles. The molecular formula is C17H30N2O. The normalized spacial score (nSPS) is 12.9. The average Bonchev–Trinajstić information content (AvgIpc) is 2.45. The minimum atomic E-state index is 0.386. The van der Waals surface area contributed by atoms with Gasteiger partial charge in [0.1, 0.15) is 0 Å². The molecule has 0 aliphatic carbocycles. The lowest BCUT2D eigenvalue weighted by Crippen LogP contribution is -2.37. The maximum atomic E-state index is 5.20. The summed E-state index contributed by atoms with van der Waals surface area (Å²) in [6.45, 7) is 13.6. The minimum Gasteiger partial charge on any atom is -0.383 e. The van der Waals surface area contributed by atoms with Gasteiger partial charge >= 0.3 is 0 Å². The van der Waals surface area contributed by atoms with Crippen molar-refractivity contribution in [3.8, 4) is 0 Å². The second-order valence-corrected chi connectivity index (χ2v) is 5.36. The number of ether oxygens (including phenoxy) is 1. The SMILES string of the molecule is CCNC(CN(CC)CCOC)c1cc(C)ccc1C. The average molecular weight is 278 g/mol. The quantitative estimate of drug-likeness (QED) is 0.751. The summed E-state index contributed by atoms with van der Waals surface area (Å²) >= 11 is 0. The molecule has 3 nitrogen and oxygen atoms in total. The van der Waals surface area contributed by atoms with Gasteiger partial charge in [0.2, 0.25) is 0 Å². The van der Waals surface area contributed by atoms with Crippen molar-refractivity contribution in [2.45, 2.75) is 33.7 Å². The topological polar surface area (TPSA) is 24.5 Å². The summed E-state index contributed by atoms with van der Waals surface area (Å²) in [5.41, 5.74) is 4.11. The van der Waals surface area contributed by atoms with Crippen LogP contribution in [-0.4, -0.2) is 44.8 Å². The predicted octanol–water partition coefficient (Wildman–Crippen LogP) is 2.92. The highest BCUT2D eigenvalue weighted by Gasteiger charge is 2.16. The molecule has 20 heavy (non-hydrogen) atoms. The van der Waals surface area contributed by atoms with Crippen LogP contribution in [0.15, 0.2) is 18.2 Å². The number of rotatable bonds is 9. The molecule has 0 amide bonds. The largest absolute Gasteiger partial charge is 0.383 e. The van der Waals surface area contributed by atoms with Gasteiger partial charge < -0.3 is 10.1 Å². The Labute approximate surface area is 124 Å². The van der Waals surface area contributed by atoms with Crippen molar-refractivity contribution in [2.75, 3.05) is 39.9 Å². The molecule has 0 saturated heterocycles. The molecule has 0 saturated carbocycles. The summed E-state index contributed by atoms with van der Waals surface area (Å²) in [4.78, 5) is 2.44. The molecule has 0 aliphatic rings. The van der Waals surface area contributed by atoms with Crippen LogP contribution >= 0.6 is 0 Å². The van der Waals surface area contributed by atoms with Gasteiger partial charge in [0, 0.05) is 26.2 Å². The van der Waals surface area contributed by atoms with E-state index in [1.165, 1.54) is 16.7 Å². The van der Waals surface area contributed by atoms with E-state index in [4.69, 9.17) is 4.74 Å². The van der Waals surface area contributed by atoms with Crippen LogP contribution in [0.3, 0.4) is 0 Å². The number of hydrogen-bond acceptors (Lipinski definition) is 3.